The Morgan fingerprint density at radius 3 is 2.94 bits per heavy atom. The third-order valence-electron chi connectivity index (χ3n) is 5.39. The molecule has 1 aromatic heterocycles. The minimum absolute atomic E-state index is 0.0144. The Bertz CT molecular complexity index is 953. The number of aromatic nitrogens is 2. The molecule has 172 valence electrons. The number of nitrogens with one attached hydrogen (secondary N) is 1. The average Bonchev–Trinajstić information content (AvgIpc) is 3.13. The maximum atomic E-state index is 12.8. The van der Waals surface area contributed by atoms with Crippen LogP contribution in [-0.4, -0.2) is 54.3 Å². The first kappa shape index (κ1) is 23.7. The highest BCUT2D eigenvalue weighted by Gasteiger charge is 2.24. The summed E-state index contributed by atoms with van der Waals surface area (Å²) in [5, 5.41) is 7.69. The zero-order valence-corrected chi connectivity index (χ0v) is 18.8. The first-order chi connectivity index (χ1) is 15.5. The van der Waals surface area contributed by atoms with Gasteiger partial charge in [-0.05, 0) is 37.8 Å². The van der Waals surface area contributed by atoms with Crippen molar-refractivity contribution in [2.75, 3.05) is 26.4 Å². The molecule has 0 saturated carbocycles. The molecule has 0 unspecified atom stereocenters. The Hall–Kier alpha value is -3.00. The minimum Gasteiger partial charge on any atom is -0.462 e. The van der Waals surface area contributed by atoms with Crippen LogP contribution in [-0.2, 0) is 28.9 Å². The van der Waals surface area contributed by atoms with Crippen molar-refractivity contribution in [1.82, 2.24) is 15.1 Å². The van der Waals surface area contributed by atoms with Gasteiger partial charge in [-0.25, -0.2) is 4.79 Å². The van der Waals surface area contributed by atoms with E-state index in [0.717, 1.165) is 24.2 Å². The van der Waals surface area contributed by atoms with Gasteiger partial charge in [-0.2, -0.15) is 5.10 Å². The zero-order valence-electron chi connectivity index (χ0n) is 18.8. The summed E-state index contributed by atoms with van der Waals surface area (Å²) < 4.78 is 13.0. The second kappa shape index (κ2) is 11.6. The number of amides is 1. The van der Waals surface area contributed by atoms with Crippen molar-refractivity contribution < 1.29 is 23.9 Å². The fraction of sp³-hybridized carbons (Fsp3) is 0.500. The Morgan fingerprint density at radius 2 is 2.16 bits per heavy atom. The molecule has 0 fully saturated rings. The van der Waals surface area contributed by atoms with Gasteiger partial charge in [0.25, 0.3) is 5.91 Å². The van der Waals surface area contributed by atoms with Crippen LogP contribution >= 0.6 is 0 Å². The van der Waals surface area contributed by atoms with E-state index in [1.165, 1.54) is 6.07 Å². The Labute approximate surface area is 188 Å². The molecule has 1 aromatic carbocycles. The highest BCUT2D eigenvalue weighted by atomic mass is 16.5. The van der Waals surface area contributed by atoms with Crippen molar-refractivity contribution in [3.05, 3.63) is 52.3 Å². The number of benzene rings is 1. The number of nitrogens with zero attached hydrogens (tertiary/aromatic N) is 2. The van der Waals surface area contributed by atoms with Crippen LogP contribution in [0.15, 0.2) is 24.3 Å². The number of hydrogen-bond acceptors (Lipinski definition) is 6. The molecule has 32 heavy (non-hydrogen) atoms. The largest absolute Gasteiger partial charge is 0.462 e. The molecule has 1 N–H and O–H groups in total. The number of ether oxygens (including phenoxy) is 2. The molecule has 0 saturated heterocycles. The van der Waals surface area contributed by atoms with Gasteiger partial charge in [-0.3, -0.25) is 14.3 Å². The van der Waals surface area contributed by atoms with Gasteiger partial charge < -0.3 is 14.8 Å². The molecule has 2 heterocycles. The lowest BCUT2D eigenvalue weighted by Crippen LogP contribution is -2.27. The summed E-state index contributed by atoms with van der Waals surface area (Å²) in [6.07, 6.45) is 3.65. The summed E-state index contributed by atoms with van der Waals surface area (Å²) in [5.74, 6) is -0.565. The molecule has 0 aliphatic carbocycles. The maximum absolute atomic E-state index is 12.8. The topological polar surface area (TPSA) is 99.5 Å². The average molecular weight is 442 g/mol. The summed E-state index contributed by atoms with van der Waals surface area (Å²) in [4.78, 5) is 36.1. The van der Waals surface area contributed by atoms with Crippen molar-refractivity contribution in [3.8, 4) is 0 Å². The van der Waals surface area contributed by atoms with Gasteiger partial charge in [0.2, 0.25) is 0 Å². The summed E-state index contributed by atoms with van der Waals surface area (Å²) in [6, 6.07) is 6.42. The van der Waals surface area contributed by atoms with Crippen LogP contribution in [0.25, 0.3) is 0 Å². The van der Waals surface area contributed by atoms with Gasteiger partial charge in [-0.1, -0.05) is 26.0 Å². The van der Waals surface area contributed by atoms with Crippen LogP contribution in [0.4, 0.5) is 0 Å². The second-order valence-electron chi connectivity index (χ2n) is 8.08. The van der Waals surface area contributed by atoms with Crippen LogP contribution in [0.3, 0.4) is 0 Å². The third-order valence-corrected chi connectivity index (χ3v) is 5.39. The second-order valence-corrected chi connectivity index (χ2v) is 8.08. The van der Waals surface area contributed by atoms with Crippen molar-refractivity contribution >= 4 is 18.2 Å². The lowest BCUT2D eigenvalue weighted by molar-refractivity contribution is 0.0435. The number of fused-ring (bicyclic) bond motifs is 1. The van der Waals surface area contributed by atoms with E-state index in [1.54, 1.807) is 18.2 Å². The van der Waals surface area contributed by atoms with E-state index in [4.69, 9.17) is 14.6 Å². The number of hydrogen-bond donors (Lipinski definition) is 1. The lowest BCUT2D eigenvalue weighted by atomic mass is 10.1. The molecule has 1 amide bonds. The SMILES string of the molecule is CCc1nn(C[C@@H](C)COC(=O)c2cccc(C=O)c2)c2c1C(=O)NCCCOCCC2. The molecule has 8 heteroatoms. The van der Waals surface area contributed by atoms with Crippen molar-refractivity contribution in [3.63, 3.8) is 0 Å². The number of rotatable bonds is 7. The number of carbonyl (C=O) groups excluding carboxylic acids is 3. The van der Waals surface area contributed by atoms with E-state index in [2.05, 4.69) is 5.32 Å². The number of esters is 1. The molecule has 1 aliphatic rings. The van der Waals surface area contributed by atoms with Crippen molar-refractivity contribution in [2.24, 2.45) is 5.92 Å². The number of aryl methyl sites for hydroxylation is 1. The van der Waals surface area contributed by atoms with Gasteiger partial charge in [0.15, 0.2) is 0 Å². The van der Waals surface area contributed by atoms with Gasteiger partial charge in [0.05, 0.1) is 29.1 Å². The van der Waals surface area contributed by atoms with Crippen LogP contribution in [0, 0.1) is 5.92 Å². The Kier molecular flexibility index (Phi) is 8.56. The molecule has 3 rings (SSSR count). The minimum atomic E-state index is -0.467. The zero-order chi connectivity index (χ0) is 22.9. The third kappa shape index (κ3) is 6.03. The van der Waals surface area contributed by atoms with E-state index in [1.807, 2.05) is 18.5 Å². The number of aldehydes is 1. The molecule has 2 aromatic rings. The van der Waals surface area contributed by atoms with Crippen LogP contribution in [0.5, 0.6) is 0 Å². The lowest BCUT2D eigenvalue weighted by Gasteiger charge is -2.15. The Balaban J connectivity index is 1.71. The van der Waals surface area contributed by atoms with E-state index in [9.17, 15) is 14.4 Å². The predicted octanol–water partition coefficient (Wildman–Crippen LogP) is 2.83. The van der Waals surface area contributed by atoms with E-state index >= 15 is 0 Å². The normalized spacial score (nSPS) is 15.8. The summed E-state index contributed by atoms with van der Waals surface area (Å²) in [6.45, 7) is 6.56. The Morgan fingerprint density at radius 1 is 1.34 bits per heavy atom. The molecule has 1 aliphatic heterocycles. The fourth-order valence-corrected chi connectivity index (χ4v) is 3.76. The first-order valence-corrected chi connectivity index (χ1v) is 11.2. The molecular formula is C24H31N3O5. The standard InChI is InChI=1S/C24H31N3O5/c1-3-20-22-21(9-5-11-31-12-6-10-25-23(22)29)27(26-20)14-17(2)16-32-24(30)19-8-4-7-18(13-19)15-28/h4,7-8,13,15,17H,3,5-6,9-12,14,16H2,1-2H3,(H,25,29)/t17-/m1/s1. The first-order valence-electron chi connectivity index (χ1n) is 11.2. The van der Waals surface area contributed by atoms with Crippen molar-refractivity contribution in [1.29, 1.82) is 0 Å². The monoisotopic (exact) mass is 441 g/mol. The molecule has 0 radical (unpaired) electrons. The van der Waals surface area contributed by atoms with E-state index in [0.29, 0.717) is 62.1 Å². The fourth-order valence-electron chi connectivity index (χ4n) is 3.76. The number of carbonyl (C=O) groups is 3. The van der Waals surface area contributed by atoms with Gasteiger partial charge >= 0.3 is 5.97 Å². The predicted molar refractivity (Wildman–Crippen MR) is 119 cm³/mol. The maximum Gasteiger partial charge on any atom is 0.338 e. The van der Waals surface area contributed by atoms with Crippen LogP contribution in [0.1, 0.15) is 69.2 Å². The molecule has 8 nitrogen and oxygen atoms in total. The van der Waals surface area contributed by atoms with Crippen LogP contribution < -0.4 is 5.32 Å². The quantitative estimate of drug-likeness (QED) is 0.524. The van der Waals surface area contributed by atoms with Gasteiger partial charge in [0, 0.05) is 37.8 Å². The molecule has 0 bridgehead atoms. The van der Waals surface area contributed by atoms with Gasteiger partial charge in [-0.15, -0.1) is 0 Å². The van der Waals surface area contributed by atoms with E-state index < -0.39 is 5.97 Å². The highest BCUT2D eigenvalue weighted by Crippen LogP contribution is 2.20. The molecular weight excluding hydrogens is 410 g/mol. The van der Waals surface area contributed by atoms with Crippen molar-refractivity contribution in [2.45, 2.75) is 46.1 Å². The van der Waals surface area contributed by atoms with E-state index in [-0.39, 0.29) is 18.4 Å². The summed E-state index contributed by atoms with van der Waals surface area (Å²) >= 11 is 0. The summed E-state index contributed by atoms with van der Waals surface area (Å²) in [7, 11) is 0. The van der Waals surface area contributed by atoms with Crippen LogP contribution in [0.2, 0.25) is 0 Å². The summed E-state index contributed by atoms with van der Waals surface area (Å²) in [5.41, 5.74) is 3.14. The highest BCUT2D eigenvalue weighted by molar-refractivity contribution is 5.96. The smallest absolute Gasteiger partial charge is 0.338 e. The molecule has 1 atom stereocenters. The van der Waals surface area contributed by atoms with Gasteiger partial charge in [0.1, 0.15) is 6.29 Å². The molecule has 0 spiro atoms.